The Morgan fingerprint density at radius 3 is 2.00 bits per heavy atom. The van der Waals surface area contributed by atoms with Crippen LogP contribution < -0.4 is 0 Å². The molecule has 0 saturated heterocycles. The van der Waals surface area contributed by atoms with Crippen molar-refractivity contribution < 1.29 is 4.79 Å². The number of benzene rings is 1. The van der Waals surface area contributed by atoms with E-state index in [-0.39, 0.29) is 5.92 Å². The fraction of sp³-hybridized carbons (Fsp3) is 0.533. The highest BCUT2D eigenvalue weighted by atomic mass is 16.1. The van der Waals surface area contributed by atoms with Gasteiger partial charge in [0.15, 0.2) is 0 Å². The maximum absolute atomic E-state index is 11.4. The molecule has 0 radical (unpaired) electrons. The summed E-state index contributed by atoms with van der Waals surface area (Å²) in [5, 5.41) is 0. The largest absolute Gasteiger partial charge is 0.299 e. The van der Waals surface area contributed by atoms with E-state index < -0.39 is 0 Å². The fourth-order valence-corrected chi connectivity index (χ4v) is 1.85. The number of ketones is 1. The van der Waals surface area contributed by atoms with Crippen LogP contribution in [0.5, 0.6) is 0 Å². The number of rotatable bonds is 1. The predicted octanol–water partition coefficient (Wildman–Crippen LogP) is 4.58. The van der Waals surface area contributed by atoms with Crippen LogP contribution >= 0.6 is 0 Å². The first kappa shape index (κ1) is 14.9. The second-order valence-corrected chi connectivity index (χ2v) is 3.32. The van der Waals surface area contributed by atoms with E-state index in [1.807, 2.05) is 58.0 Å². The number of hydrogen-bond acceptors (Lipinski definition) is 1. The smallest absolute Gasteiger partial charge is 0.140 e. The maximum Gasteiger partial charge on any atom is 0.140 e. The van der Waals surface area contributed by atoms with Gasteiger partial charge in [0.25, 0.3) is 0 Å². The van der Waals surface area contributed by atoms with Gasteiger partial charge in [0.2, 0.25) is 0 Å². The summed E-state index contributed by atoms with van der Waals surface area (Å²) in [6.07, 6.45) is 2.89. The van der Waals surface area contributed by atoms with Crippen molar-refractivity contribution in [2.75, 3.05) is 0 Å². The van der Waals surface area contributed by atoms with Gasteiger partial charge in [-0.2, -0.15) is 0 Å². The second kappa shape index (κ2) is 9.14. The molecule has 1 nitrogen and oxygen atoms in total. The third-order valence-corrected chi connectivity index (χ3v) is 2.51. The highest BCUT2D eigenvalue weighted by Gasteiger charge is 2.25. The predicted molar refractivity (Wildman–Crippen MR) is 70.7 cm³/mol. The lowest BCUT2D eigenvalue weighted by atomic mass is 9.97. The molecule has 1 atom stereocenters. The molecule has 0 amide bonds. The van der Waals surface area contributed by atoms with Crippen molar-refractivity contribution in [1.29, 1.82) is 0 Å². The van der Waals surface area contributed by atoms with Crippen LogP contribution in [0.15, 0.2) is 30.3 Å². The molecule has 1 aliphatic carbocycles. The van der Waals surface area contributed by atoms with Crippen LogP contribution in [-0.4, -0.2) is 5.78 Å². The van der Waals surface area contributed by atoms with E-state index in [1.165, 1.54) is 5.56 Å². The quantitative estimate of drug-likeness (QED) is 0.677. The van der Waals surface area contributed by atoms with Crippen LogP contribution in [0.4, 0.5) is 0 Å². The van der Waals surface area contributed by atoms with Crippen molar-refractivity contribution in [3.63, 3.8) is 0 Å². The van der Waals surface area contributed by atoms with Gasteiger partial charge in [-0.1, -0.05) is 58.0 Å². The van der Waals surface area contributed by atoms with E-state index in [4.69, 9.17) is 0 Å². The van der Waals surface area contributed by atoms with E-state index in [2.05, 4.69) is 0 Å². The maximum atomic E-state index is 11.4. The van der Waals surface area contributed by atoms with Gasteiger partial charge in [-0.25, -0.2) is 0 Å². The molecule has 1 aromatic rings. The molecule has 16 heavy (non-hydrogen) atoms. The zero-order valence-electron chi connectivity index (χ0n) is 11.0. The number of carbonyl (C=O) groups is 1. The summed E-state index contributed by atoms with van der Waals surface area (Å²) in [5.74, 6) is 0.618. The molecule has 2 rings (SSSR count). The first-order chi connectivity index (χ1) is 7.88. The number of hydrogen-bond donors (Lipinski definition) is 0. The Labute approximate surface area is 99.9 Å². The summed E-state index contributed by atoms with van der Waals surface area (Å²) < 4.78 is 0. The first-order valence-corrected chi connectivity index (χ1v) is 6.45. The summed E-state index contributed by atoms with van der Waals surface area (Å²) in [5.41, 5.74) is 1.19. The summed E-state index contributed by atoms with van der Waals surface area (Å²) in [4.78, 5) is 11.4. The second-order valence-electron chi connectivity index (χ2n) is 3.32. The molecule has 1 heteroatoms. The highest BCUT2D eigenvalue weighted by molar-refractivity contribution is 5.87. The van der Waals surface area contributed by atoms with Crippen LogP contribution in [0.3, 0.4) is 0 Å². The van der Waals surface area contributed by atoms with Gasteiger partial charge < -0.3 is 0 Å². The summed E-state index contributed by atoms with van der Waals surface area (Å²) in [6.45, 7) is 8.00. The molecule has 1 saturated carbocycles. The molecule has 90 valence electrons. The normalized spacial score (nSPS) is 18.0. The van der Waals surface area contributed by atoms with E-state index in [9.17, 15) is 4.79 Å². The van der Waals surface area contributed by atoms with E-state index in [1.54, 1.807) is 0 Å². The Bertz CT molecular complexity index is 277. The van der Waals surface area contributed by atoms with Gasteiger partial charge >= 0.3 is 0 Å². The lowest BCUT2D eigenvalue weighted by Gasteiger charge is -2.06. The molecule has 0 spiro atoms. The van der Waals surface area contributed by atoms with Gasteiger partial charge in [0.05, 0.1) is 0 Å². The lowest BCUT2D eigenvalue weighted by Crippen LogP contribution is -2.03. The third-order valence-electron chi connectivity index (χ3n) is 2.51. The van der Waals surface area contributed by atoms with Crippen LogP contribution in [0.2, 0.25) is 0 Å². The zero-order chi connectivity index (χ0) is 12.4. The SMILES string of the molecule is CC.CC.O=C1CCCC1c1ccccc1. The lowest BCUT2D eigenvalue weighted by molar-refractivity contribution is -0.118. The van der Waals surface area contributed by atoms with Gasteiger partial charge in [-0.3, -0.25) is 4.79 Å². The molecule has 1 unspecified atom stereocenters. The van der Waals surface area contributed by atoms with E-state index in [0.29, 0.717) is 5.78 Å². The monoisotopic (exact) mass is 220 g/mol. The molecule has 1 fully saturated rings. The van der Waals surface area contributed by atoms with Gasteiger partial charge in [-0.05, 0) is 18.4 Å². The molecule has 0 heterocycles. The van der Waals surface area contributed by atoms with Crippen LogP contribution in [0, 0.1) is 0 Å². The topological polar surface area (TPSA) is 17.1 Å². The first-order valence-electron chi connectivity index (χ1n) is 6.45. The van der Waals surface area contributed by atoms with Gasteiger partial charge in [0.1, 0.15) is 5.78 Å². The van der Waals surface area contributed by atoms with Crippen LogP contribution in [0.25, 0.3) is 0 Å². The molecular formula is C15H24O. The van der Waals surface area contributed by atoms with Crippen molar-refractivity contribution in [2.24, 2.45) is 0 Å². The zero-order valence-corrected chi connectivity index (χ0v) is 11.0. The molecule has 0 N–H and O–H groups in total. The minimum Gasteiger partial charge on any atom is -0.299 e. The summed E-state index contributed by atoms with van der Waals surface area (Å²) >= 11 is 0. The molecule has 0 aliphatic heterocycles. The van der Waals surface area contributed by atoms with Crippen molar-refractivity contribution in [3.05, 3.63) is 35.9 Å². The number of Topliss-reactive ketones (excluding diaryl/α,β-unsaturated/α-hetero) is 1. The fourth-order valence-electron chi connectivity index (χ4n) is 1.85. The van der Waals surface area contributed by atoms with Crippen molar-refractivity contribution >= 4 is 5.78 Å². The third kappa shape index (κ3) is 4.18. The van der Waals surface area contributed by atoms with E-state index >= 15 is 0 Å². The van der Waals surface area contributed by atoms with Crippen molar-refractivity contribution in [1.82, 2.24) is 0 Å². The van der Waals surface area contributed by atoms with Gasteiger partial charge in [-0.15, -0.1) is 0 Å². The average molecular weight is 220 g/mol. The van der Waals surface area contributed by atoms with Crippen molar-refractivity contribution in [3.8, 4) is 0 Å². The number of carbonyl (C=O) groups excluding carboxylic acids is 1. The molecule has 0 aromatic heterocycles. The van der Waals surface area contributed by atoms with Crippen molar-refractivity contribution in [2.45, 2.75) is 52.9 Å². The minimum atomic E-state index is 0.200. The Kier molecular flexibility index (Phi) is 8.51. The Morgan fingerprint density at radius 2 is 1.56 bits per heavy atom. The van der Waals surface area contributed by atoms with Crippen LogP contribution in [0.1, 0.15) is 58.4 Å². The Hall–Kier alpha value is -1.11. The molecular weight excluding hydrogens is 196 g/mol. The summed E-state index contributed by atoms with van der Waals surface area (Å²) in [6, 6.07) is 10.1. The van der Waals surface area contributed by atoms with E-state index in [0.717, 1.165) is 19.3 Å². The molecule has 1 aliphatic rings. The average Bonchev–Trinajstić information content (AvgIpc) is 2.82. The highest BCUT2D eigenvalue weighted by Crippen LogP contribution is 2.30. The van der Waals surface area contributed by atoms with Gasteiger partial charge in [0, 0.05) is 12.3 Å². The molecule has 1 aromatic carbocycles. The Balaban J connectivity index is 0.000000509. The Morgan fingerprint density at radius 1 is 1.00 bits per heavy atom. The standard InChI is InChI=1S/C11H12O.2C2H6/c12-11-8-4-7-10(11)9-5-2-1-3-6-9;2*1-2/h1-3,5-6,10H,4,7-8H2;2*1-2H3. The van der Waals surface area contributed by atoms with Crippen LogP contribution in [-0.2, 0) is 4.79 Å². The molecule has 0 bridgehead atoms. The summed E-state index contributed by atoms with van der Waals surface area (Å²) in [7, 11) is 0. The minimum absolute atomic E-state index is 0.200.